The quantitative estimate of drug-likeness (QED) is 0.768. The van der Waals surface area contributed by atoms with Gasteiger partial charge in [0.1, 0.15) is 5.56 Å². The first-order valence-electron chi connectivity index (χ1n) is 4.61. The number of hydrogen-bond acceptors (Lipinski definition) is 3. The summed E-state index contributed by atoms with van der Waals surface area (Å²) in [5.41, 5.74) is 1.10. The fourth-order valence-electron chi connectivity index (χ4n) is 1.36. The van der Waals surface area contributed by atoms with E-state index in [2.05, 4.69) is 5.10 Å². The van der Waals surface area contributed by atoms with Gasteiger partial charge in [-0.15, -0.1) is 5.10 Å². The Hall–Kier alpha value is -1.81. The van der Waals surface area contributed by atoms with Gasteiger partial charge in [0.2, 0.25) is 5.88 Å². The molecule has 0 atom stereocenters. The predicted octanol–water partition coefficient (Wildman–Crippen LogP) is 2.26. The van der Waals surface area contributed by atoms with Crippen molar-refractivity contribution in [1.82, 2.24) is 9.78 Å². The third kappa shape index (κ3) is 1.92. The number of halogens is 1. The Morgan fingerprint density at radius 3 is 2.56 bits per heavy atom. The van der Waals surface area contributed by atoms with Crippen molar-refractivity contribution in [2.24, 2.45) is 0 Å². The molecular formula is C11H9ClN2O2. The van der Waals surface area contributed by atoms with Crippen LogP contribution in [0.15, 0.2) is 36.5 Å². The fourth-order valence-corrected chi connectivity index (χ4v) is 1.49. The minimum atomic E-state index is -0.584. The number of carbonyl (C=O) groups is 1. The molecule has 0 radical (unpaired) electrons. The molecule has 0 saturated heterocycles. The fraction of sp³-hybridized carbons (Fsp3) is 0.0909. The van der Waals surface area contributed by atoms with E-state index in [4.69, 9.17) is 16.3 Å². The van der Waals surface area contributed by atoms with Crippen LogP contribution in [0.25, 0.3) is 5.69 Å². The van der Waals surface area contributed by atoms with Crippen LogP contribution in [0.1, 0.15) is 10.4 Å². The summed E-state index contributed by atoms with van der Waals surface area (Å²) in [6.07, 6.45) is 1.55. The lowest BCUT2D eigenvalue weighted by molar-refractivity contribution is 0.107. The number of carbonyl (C=O) groups excluding carboxylic acids is 1. The van der Waals surface area contributed by atoms with Crippen molar-refractivity contribution in [2.75, 3.05) is 7.11 Å². The van der Waals surface area contributed by atoms with E-state index in [1.807, 2.05) is 30.3 Å². The molecule has 1 heterocycles. The topological polar surface area (TPSA) is 44.1 Å². The SMILES string of the molecule is COc1nn(-c2ccccc2)cc1C(=O)Cl. The normalized spacial score (nSPS) is 10.1. The molecule has 2 aromatic rings. The standard InChI is InChI=1S/C11H9ClN2O2/c1-16-11-9(10(12)15)7-14(13-11)8-5-3-2-4-6-8/h2-7H,1H3. The summed E-state index contributed by atoms with van der Waals surface area (Å²) < 4.78 is 6.52. The second kappa shape index (κ2) is 4.37. The maximum atomic E-state index is 11.1. The van der Waals surface area contributed by atoms with Crippen LogP contribution in [-0.2, 0) is 0 Å². The molecular weight excluding hydrogens is 228 g/mol. The molecule has 0 saturated carbocycles. The van der Waals surface area contributed by atoms with E-state index in [9.17, 15) is 4.79 Å². The van der Waals surface area contributed by atoms with Gasteiger partial charge in [-0.2, -0.15) is 0 Å². The van der Waals surface area contributed by atoms with Crippen molar-refractivity contribution in [3.05, 3.63) is 42.1 Å². The van der Waals surface area contributed by atoms with Crippen LogP contribution >= 0.6 is 11.6 Å². The summed E-state index contributed by atoms with van der Waals surface area (Å²) in [5.74, 6) is 0.226. The summed E-state index contributed by atoms with van der Waals surface area (Å²) >= 11 is 5.42. The first-order chi connectivity index (χ1) is 7.72. The number of methoxy groups -OCH3 is 1. The lowest BCUT2D eigenvalue weighted by Crippen LogP contribution is -1.94. The van der Waals surface area contributed by atoms with Crippen LogP contribution in [0, 0.1) is 0 Å². The van der Waals surface area contributed by atoms with E-state index < -0.39 is 5.24 Å². The molecule has 0 fully saturated rings. The average Bonchev–Trinajstić information content (AvgIpc) is 2.74. The summed E-state index contributed by atoms with van der Waals surface area (Å²) in [4.78, 5) is 11.1. The number of rotatable bonds is 3. The van der Waals surface area contributed by atoms with Crippen molar-refractivity contribution in [3.8, 4) is 11.6 Å². The maximum absolute atomic E-state index is 11.1. The monoisotopic (exact) mass is 236 g/mol. The molecule has 2 rings (SSSR count). The van der Waals surface area contributed by atoms with E-state index in [1.165, 1.54) is 7.11 Å². The summed E-state index contributed by atoms with van der Waals surface area (Å²) in [7, 11) is 1.45. The minimum Gasteiger partial charge on any atom is -0.479 e. The summed E-state index contributed by atoms with van der Waals surface area (Å²) in [6.45, 7) is 0. The summed E-state index contributed by atoms with van der Waals surface area (Å²) in [5, 5.41) is 3.53. The average molecular weight is 237 g/mol. The lowest BCUT2D eigenvalue weighted by Gasteiger charge is -1.98. The molecule has 82 valence electrons. The first-order valence-corrected chi connectivity index (χ1v) is 4.99. The minimum absolute atomic E-state index is 0.226. The molecule has 0 unspecified atom stereocenters. The van der Waals surface area contributed by atoms with E-state index in [0.29, 0.717) is 0 Å². The molecule has 0 N–H and O–H groups in total. The Bertz CT molecular complexity index is 508. The van der Waals surface area contributed by atoms with Gasteiger partial charge >= 0.3 is 0 Å². The molecule has 0 bridgehead atoms. The molecule has 4 nitrogen and oxygen atoms in total. The van der Waals surface area contributed by atoms with E-state index in [1.54, 1.807) is 10.9 Å². The van der Waals surface area contributed by atoms with Crippen molar-refractivity contribution in [1.29, 1.82) is 0 Å². The number of para-hydroxylation sites is 1. The molecule has 0 aliphatic carbocycles. The van der Waals surface area contributed by atoms with Crippen LogP contribution in [0.2, 0.25) is 0 Å². The van der Waals surface area contributed by atoms with Crippen molar-refractivity contribution >= 4 is 16.8 Å². The van der Waals surface area contributed by atoms with Gasteiger partial charge in [0.25, 0.3) is 5.24 Å². The van der Waals surface area contributed by atoms with Gasteiger partial charge in [-0.05, 0) is 23.7 Å². The highest BCUT2D eigenvalue weighted by Crippen LogP contribution is 2.20. The third-order valence-corrected chi connectivity index (χ3v) is 2.31. The number of aromatic nitrogens is 2. The smallest absolute Gasteiger partial charge is 0.259 e. The zero-order chi connectivity index (χ0) is 11.5. The van der Waals surface area contributed by atoms with E-state index in [0.717, 1.165) is 5.69 Å². The lowest BCUT2D eigenvalue weighted by atomic mass is 10.3. The number of nitrogens with zero attached hydrogens (tertiary/aromatic N) is 2. The number of benzene rings is 1. The van der Waals surface area contributed by atoms with Crippen LogP contribution in [0.5, 0.6) is 5.88 Å². The number of ether oxygens (including phenoxy) is 1. The van der Waals surface area contributed by atoms with Gasteiger partial charge in [0.15, 0.2) is 0 Å². The third-order valence-electron chi connectivity index (χ3n) is 2.11. The first kappa shape index (κ1) is 10.7. The van der Waals surface area contributed by atoms with Crippen LogP contribution in [-0.4, -0.2) is 22.1 Å². The van der Waals surface area contributed by atoms with Crippen LogP contribution in [0.4, 0.5) is 0 Å². The Kier molecular flexibility index (Phi) is 2.92. The van der Waals surface area contributed by atoms with Crippen LogP contribution in [0.3, 0.4) is 0 Å². The van der Waals surface area contributed by atoms with Gasteiger partial charge < -0.3 is 4.74 Å². The zero-order valence-electron chi connectivity index (χ0n) is 8.55. The Balaban J connectivity index is 2.48. The molecule has 1 aromatic heterocycles. The Morgan fingerprint density at radius 1 is 1.38 bits per heavy atom. The molecule has 5 heteroatoms. The predicted molar refractivity (Wildman–Crippen MR) is 60.3 cm³/mol. The zero-order valence-corrected chi connectivity index (χ0v) is 9.31. The largest absolute Gasteiger partial charge is 0.479 e. The molecule has 0 aliphatic rings. The van der Waals surface area contributed by atoms with E-state index in [-0.39, 0.29) is 11.4 Å². The molecule has 0 amide bonds. The maximum Gasteiger partial charge on any atom is 0.259 e. The highest BCUT2D eigenvalue weighted by Gasteiger charge is 2.15. The summed E-state index contributed by atoms with van der Waals surface area (Å²) in [6, 6.07) is 9.40. The Labute approximate surface area is 97.4 Å². The number of hydrogen-bond donors (Lipinski definition) is 0. The highest BCUT2D eigenvalue weighted by atomic mass is 35.5. The van der Waals surface area contributed by atoms with Gasteiger partial charge in [0.05, 0.1) is 12.8 Å². The molecule has 0 spiro atoms. The molecule has 1 aromatic carbocycles. The van der Waals surface area contributed by atoms with Gasteiger partial charge in [-0.25, -0.2) is 4.68 Å². The molecule has 16 heavy (non-hydrogen) atoms. The van der Waals surface area contributed by atoms with Gasteiger partial charge in [-0.1, -0.05) is 18.2 Å². The van der Waals surface area contributed by atoms with Crippen LogP contribution < -0.4 is 4.74 Å². The molecule has 0 aliphatic heterocycles. The highest BCUT2D eigenvalue weighted by molar-refractivity contribution is 6.68. The second-order valence-corrected chi connectivity index (χ2v) is 3.45. The second-order valence-electron chi connectivity index (χ2n) is 3.11. The van der Waals surface area contributed by atoms with Gasteiger partial charge in [0, 0.05) is 6.20 Å². The van der Waals surface area contributed by atoms with Crippen molar-refractivity contribution in [2.45, 2.75) is 0 Å². The van der Waals surface area contributed by atoms with E-state index >= 15 is 0 Å². The Morgan fingerprint density at radius 2 is 2.06 bits per heavy atom. The van der Waals surface area contributed by atoms with Gasteiger partial charge in [-0.3, -0.25) is 4.79 Å². The van der Waals surface area contributed by atoms with Crippen molar-refractivity contribution in [3.63, 3.8) is 0 Å². The van der Waals surface area contributed by atoms with Crippen molar-refractivity contribution < 1.29 is 9.53 Å².